The highest BCUT2D eigenvalue weighted by Crippen LogP contribution is 2.16. The average Bonchev–Trinajstić information content (AvgIpc) is 2.47. The largest absolute Gasteiger partial charge is 0.507 e. The third kappa shape index (κ3) is 4.86. The Morgan fingerprint density at radius 3 is 2.26 bits per heavy atom. The van der Waals surface area contributed by atoms with Crippen molar-refractivity contribution in [3.05, 3.63) is 52.3 Å². The van der Waals surface area contributed by atoms with E-state index in [1.807, 2.05) is 0 Å². The van der Waals surface area contributed by atoms with Gasteiger partial charge in [0.1, 0.15) is 5.76 Å². The van der Waals surface area contributed by atoms with Crippen molar-refractivity contribution in [1.82, 2.24) is 0 Å². The smallest absolute Gasteiger partial charge is 0.347 e. The summed E-state index contributed by atoms with van der Waals surface area (Å²) in [5.74, 6) is -5.44. The highest BCUT2D eigenvalue weighted by Gasteiger charge is 2.26. The van der Waals surface area contributed by atoms with Gasteiger partial charge in [0.2, 0.25) is 5.78 Å². The molecule has 0 atom stereocenters. The molecule has 1 aromatic carbocycles. The van der Waals surface area contributed by atoms with Gasteiger partial charge in [-0.2, -0.15) is 0 Å². The van der Waals surface area contributed by atoms with E-state index < -0.39 is 34.8 Å². The van der Waals surface area contributed by atoms with Gasteiger partial charge in [-0.15, -0.1) is 0 Å². The molecule has 23 heavy (non-hydrogen) atoms. The van der Waals surface area contributed by atoms with Crippen LogP contribution in [-0.4, -0.2) is 34.5 Å². The van der Waals surface area contributed by atoms with Crippen LogP contribution in [0.1, 0.15) is 12.5 Å². The van der Waals surface area contributed by atoms with Crippen molar-refractivity contribution in [1.29, 1.82) is 0 Å². The molecule has 4 N–H and O–H groups in total. The van der Waals surface area contributed by atoms with Crippen molar-refractivity contribution in [3.8, 4) is 0 Å². The molecule has 0 saturated carbocycles. The lowest BCUT2D eigenvalue weighted by Crippen LogP contribution is -2.26. The molecule has 0 unspecified atom stereocenters. The lowest BCUT2D eigenvalue weighted by molar-refractivity contribution is -0.140. The molecule has 0 aliphatic carbocycles. The number of rotatable bonds is 6. The Morgan fingerprint density at radius 2 is 1.78 bits per heavy atom. The van der Waals surface area contributed by atoms with Crippen LogP contribution in [0.4, 0.5) is 0 Å². The number of esters is 1. The molecule has 0 aliphatic rings. The average molecular weight is 340 g/mol. The number of carbonyl (C=O) groups is 3. The molecule has 8 heteroatoms. The summed E-state index contributed by atoms with van der Waals surface area (Å²) in [6.07, 6.45) is 0.640. The maximum absolute atomic E-state index is 11.9. The van der Waals surface area contributed by atoms with Crippen molar-refractivity contribution >= 4 is 35.0 Å². The highest BCUT2D eigenvalue weighted by atomic mass is 35.5. The first kappa shape index (κ1) is 18.2. The number of benzene rings is 1. The summed E-state index contributed by atoms with van der Waals surface area (Å²) < 4.78 is 4.53. The van der Waals surface area contributed by atoms with E-state index in [4.69, 9.17) is 17.3 Å². The summed E-state index contributed by atoms with van der Waals surface area (Å²) >= 11 is 5.70. The maximum Gasteiger partial charge on any atom is 0.347 e. The normalized spacial score (nSPS) is 12.3. The van der Waals surface area contributed by atoms with Gasteiger partial charge in [-0.05, 0) is 31.2 Å². The fourth-order valence-corrected chi connectivity index (χ4v) is 1.66. The van der Waals surface area contributed by atoms with Crippen LogP contribution in [0.15, 0.2) is 41.7 Å². The molecule has 0 aliphatic heterocycles. The first-order chi connectivity index (χ1) is 10.8. The van der Waals surface area contributed by atoms with Crippen molar-refractivity contribution in [3.63, 3.8) is 0 Å². The van der Waals surface area contributed by atoms with Gasteiger partial charge in [0.15, 0.2) is 11.3 Å². The van der Waals surface area contributed by atoms with Crippen LogP contribution >= 0.6 is 11.6 Å². The Morgan fingerprint density at radius 1 is 1.22 bits per heavy atom. The number of nitrogens with two attached hydrogens (primary N) is 1. The van der Waals surface area contributed by atoms with Crippen LogP contribution < -0.4 is 5.73 Å². The van der Waals surface area contributed by atoms with E-state index in [-0.39, 0.29) is 12.2 Å². The zero-order valence-electron chi connectivity index (χ0n) is 12.1. The number of aliphatic hydroxyl groups excluding tert-OH is 2. The Bertz CT molecular complexity index is 690. The van der Waals surface area contributed by atoms with E-state index in [1.165, 1.54) is 31.2 Å². The number of hydrogen-bond donors (Lipinski definition) is 3. The minimum Gasteiger partial charge on any atom is -0.507 e. The summed E-state index contributed by atoms with van der Waals surface area (Å²) in [6.45, 7) is 1.39. The number of halogens is 1. The molecule has 0 aromatic heterocycles. The van der Waals surface area contributed by atoms with E-state index in [0.717, 1.165) is 0 Å². The first-order valence-electron chi connectivity index (χ1n) is 6.39. The second kappa shape index (κ2) is 8.00. The summed E-state index contributed by atoms with van der Waals surface area (Å²) in [4.78, 5) is 34.6. The van der Waals surface area contributed by atoms with E-state index in [0.29, 0.717) is 11.1 Å². The number of ketones is 1. The van der Waals surface area contributed by atoms with E-state index in [1.54, 1.807) is 0 Å². The van der Waals surface area contributed by atoms with Crippen molar-refractivity contribution < 1.29 is 29.3 Å². The molecule has 0 radical (unpaired) electrons. The predicted octanol–water partition coefficient (Wildman–Crippen LogP) is 1.67. The van der Waals surface area contributed by atoms with Gasteiger partial charge in [-0.3, -0.25) is 9.59 Å². The Hall–Kier alpha value is -2.80. The second-order valence-electron chi connectivity index (χ2n) is 4.21. The van der Waals surface area contributed by atoms with E-state index >= 15 is 0 Å². The molecule has 0 heterocycles. The van der Waals surface area contributed by atoms with Crippen LogP contribution in [0.25, 0.3) is 5.76 Å². The number of carbonyl (C=O) groups excluding carboxylic acids is 3. The number of allylic oxidation sites excluding steroid dienone is 1. The molecule has 1 amide bonds. The Kier molecular flexibility index (Phi) is 6.35. The third-order valence-electron chi connectivity index (χ3n) is 2.60. The SMILES string of the molecule is CCOC(=O)/C(C(N)=O)=C(\O)C(=O)C=C(O)c1ccc(Cl)cc1. The quantitative estimate of drug-likeness (QED) is 0.238. The zero-order valence-corrected chi connectivity index (χ0v) is 12.8. The molecule has 7 nitrogen and oxygen atoms in total. The molecule has 122 valence electrons. The highest BCUT2D eigenvalue weighted by molar-refractivity contribution is 6.30. The van der Waals surface area contributed by atoms with E-state index in [9.17, 15) is 24.6 Å². The van der Waals surface area contributed by atoms with Crippen LogP contribution in [0, 0.1) is 0 Å². The fourth-order valence-electron chi connectivity index (χ4n) is 1.54. The summed E-state index contributed by atoms with van der Waals surface area (Å²) in [5, 5.41) is 20.0. The van der Waals surface area contributed by atoms with Gasteiger partial charge < -0.3 is 20.7 Å². The molecule has 0 fully saturated rings. The molecule has 0 saturated heterocycles. The van der Waals surface area contributed by atoms with Gasteiger partial charge >= 0.3 is 5.97 Å². The number of amides is 1. The zero-order chi connectivity index (χ0) is 17.6. The fraction of sp³-hybridized carbons (Fsp3) is 0.133. The van der Waals surface area contributed by atoms with Crippen LogP contribution in [-0.2, 0) is 19.1 Å². The van der Waals surface area contributed by atoms with Crippen molar-refractivity contribution in [2.24, 2.45) is 5.73 Å². The van der Waals surface area contributed by atoms with E-state index in [2.05, 4.69) is 4.74 Å². The van der Waals surface area contributed by atoms with Gasteiger partial charge in [0.05, 0.1) is 6.61 Å². The molecular formula is C15H14ClNO6. The minimum absolute atomic E-state index is 0.0804. The van der Waals surface area contributed by atoms with Gasteiger partial charge in [-0.25, -0.2) is 4.79 Å². The minimum atomic E-state index is -1.33. The van der Waals surface area contributed by atoms with Crippen molar-refractivity contribution in [2.75, 3.05) is 6.61 Å². The predicted molar refractivity (Wildman–Crippen MR) is 82.5 cm³/mol. The second-order valence-corrected chi connectivity index (χ2v) is 4.65. The lowest BCUT2D eigenvalue weighted by Gasteiger charge is -2.05. The monoisotopic (exact) mass is 339 g/mol. The number of primary amides is 1. The molecule has 0 spiro atoms. The Labute approximate surface area is 136 Å². The van der Waals surface area contributed by atoms with Crippen LogP contribution in [0.5, 0.6) is 0 Å². The lowest BCUT2D eigenvalue weighted by atomic mass is 10.1. The van der Waals surface area contributed by atoms with Gasteiger partial charge in [0.25, 0.3) is 5.91 Å². The topological polar surface area (TPSA) is 127 Å². The first-order valence-corrected chi connectivity index (χ1v) is 6.76. The van der Waals surface area contributed by atoms with Gasteiger partial charge in [-0.1, -0.05) is 11.6 Å². The summed E-state index contributed by atoms with van der Waals surface area (Å²) in [5.41, 5.74) is 4.21. The summed E-state index contributed by atoms with van der Waals surface area (Å²) in [7, 11) is 0. The van der Waals surface area contributed by atoms with Crippen LogP contribution in [0.2, 0.25) is 5.02 Å². The molecule has 1 rings (SSSR count). The standard InChI is InChI=1S/C15H14ClNO6/c1-2-23-15(22)12(14(17)21)13(20)11(19)7-10(18)8-3-5-9(16)6-4-8/h3-7,18,20H,2H2,1H3,(H2,17,21)/b10-7?,13-12-. The number of aliphatic hydroxyl groups is 2. The van der Waals surface area contributed by atoms with Crippen LogP contribution in [0.3, 0.4) is 0 Å². The molecule has 1 aromatic rings. The summed E-state index contributed by atoms with van der Waals surface area (Å²) in [6, 6.07) is 5.83. The maximum atomic E-state index is 11.9. The third-order valence-corrected chi connectivity index (χ3v) is 2.86. The molecular weight excluding hydrogens is 326 g/mol. The van der Waals surface area contributed by atoms with Crippen molar-refractivity contribution in [2.45, 2.75) is 6.92 Å². The Balaban J connectivity index is 3.16. The van der Waals surface area contributed by atoms with Gasteiger partial charge in [0, 0.05) is 16.7 Å². The number of ether oxygens (including phenoxy) is 1. The molecule has 0 bridgehead atoms. The number of hydrogen-bond acceptors (Lipinski definition) is 6.